The minimum Gasteiger partial charge on any atom is -0.497 e. The number of hydrogen-bond acceptors (Lipinski definition) is 3. The average Bonchev–Trinajstić information content (AvgIpc) is 2.56. The van der Waals surface area contributed by atoms with Crippen molar-refractivity contribution in [1.29, 1.82) is 0 Å². The summed E-state index contributed by atoms with van der Waals surface area (Å²) in [6, 6.07) is 13.8. The van der Waals surface area contributed by atoms with E-state index in [9.17, 15) is 0 Å². The predicted octanol–water partition coefficient (Wildman–Crippen LogP) is 4.07. The van der Waals surface area contributed by atoms with E-state index in [-0.39, 0.29) is 6.04 Å². The molecule has 0 bridgehead atoms. The van der Waals surface area contributed by atoms with E-state index in [1.165, 1.54) is 11.1 Å². The van der Waals surface area contributed by atoms with Crippen LogP contribution in [0.5, 0.6) is 11.5 Å². The maximum Gasteiger partial charge on any atom is 0.171 e. The first-order valence-electron chi connectivity index (χ1n) is 7.89. The Labute approximate surface area is 149 Å². The van der Waals surface area contributed by atoms with E-state index < -0.39 is 0 Å². The molecule has 5 heteroatoms. The Balaban J connectivity index is 1.79. The highest BCUT2D eigenvalue weighted by Gasteiger charge is 2.06. The number of anilines is 1. The molecule has 128 valence electrons. The van der Waals surface area contributed by atoms with Crippen LogP contribution in [0, 0.1) is 13.8 Å². The Morgan fingerprint density at radius 1 is 1.04 bits per heavy atom. The van der Waals surface area contributed by atoms with E-state index in [4.69, 9.17) is 21.7 Å². The fourth-order valence-electron chi connectivity index (χ4n) is 2.14. The molecule has 2 rings (SSSR count). The molecule has 0 saturated heterocycles. The number of benzene rings is 2. The molecule has 0 aromatic heterocycles. The van der Waals surface area contributed by atoms with E-state index in [1.54, 1.807) is 7.11 Å². The van der Waals surface area contributed by atoms with E-state index in [1.807, 2.05) is 37.3 Å². The molecule has 0 unspecified atom stereocenters. The van der Waals surface area contributed by atoms with Crippen LogP contribution >= 0.6 is 12.2 Å². The minimum atomic E-state index is 0.0821. The zero-order valence-electron chi connectivity index (χ0n) is 14.6. The predicted molar refractivity (Wildman–Crippen MR) is 103 cm³/mol. The van der Waals surface area contributed by atoms with Crippen LogP contribution in [0.1, 0.15) is 18.1 Å². The smallest absolute Gasteiger partial charge is 0.171 e. The lowest BCUT2D eigenvalue weighted by atomic mass is 10.1. The SMILES string of the molecule is COc1ccc(OC[C@@H](C)NC(=S)Nc2ccc(C)c(C)c2)cc1. The van der Waals surface area contributed by atoms with Crippen molar-refractivity contribution in [3.05, 3.63) is 53.6 Å². The van der Waals surface area contributed by atoms with E-state index in [0.717, 1.165) is 17.2 Å². The van der Waals surface area contributed by atoms with Crippen molar-refractivity contribution >= 4 is 23.0 Å². The Morgan fingerprint density at radius 3 is 2.33 bits per heavy atom. The van der Waals surface area contributed by atoms with Gasteiger partial charge in [-0.25, -0.2) is 0 Å². The van der Waals surface area contributed by atoms with Gasteiger partial charge in [-0.15, -0.1) is 0 Å². The first-order chi connectivity index (χ1) is 11.5. The lowest BCUT2D eigenvalue weighted by Crippen LogP contribution is -2.39. The average molecular weight is 344 g/mol. The molecule has 2 aromatic carbocycles. The molecule has 0 spiro atoms. The van der Waals surface area contributed by atoms with E-state index in [0.29, 0.717) is 11.7 Å². The van der Waals surface area contributed by atoms with Gasteiger partial charge in [0, 0.05) is 5.69 Å². The van der Waals surface area contributed by atoms with Gasteiger partial charge in [0.05, 0.1) is 13.2 Å². The van der Waals surface area contributed by atoms with Gasteiger partial charge in [0.2, 0.25) is 0 Å². The Bertz CT molecular complexity index is 686. The number of ether oxygens (including phenoxy) is 2. The van der Waals surface area contributed by atoms with Crippen LogP contribution < -0.4 is 20.1 Å². The summed E-state index contributed by atoms with van der Waals surface area (Å²) in [6.45, 7) is 6.72. The molecule has 0 aliphatic heterocycles. The summed E-state index contributed by atoms with van der Waals surface area (Å²) in [7, 11) is 1.64. The second-order valence-corrected chi connectivity index (χ2v) is 6.19. The molecule has 0 saturated carbocycles. The molecule has 2 N–H and O–H groups in total. The quantitative estimate of drug-likeness (QED) is 0.774. The van der Waals surface area contributed by atoms with Gasteiger partial charge in [0.15, 0.2) is 5.11 Å². The van der Waals surface area contributed by atoms with Crippen LogP contribution in [-0.2, 0) is 0 Å². The molecular weight excluding hydrogens is 320 g/mol. The zero-order chi connectivity index (χ0) is 17.5. The summed E-state index contributed by atoms with van der Waals surface area (Å²) in [5.74, 6) is 1.62. The second kappa shape index (κ2) is 8.55. The van der Waals surface area contributed by atoms with Crippen molar-refractivity contribution in [2.24, 2.45) is 0 Å². The highest BCUT2D eigenvalue weighted by Crippen LogP contribution is 2.17. The van der Waals surface area contributed by atoms with Crippen LogP contribution in [-0.4, -0.2) is 24.9 Å². The van der Waals surface area contributed by atoms with Gasteiger partial charge >= 0.3 is 0 Å². The minimum absolute atomic E-state index is 0.0821. The lowest BCUT2D eigenvalue weighted by Gasteiger charge is -2.18. The van der Waals surface area contributed by atoms with Crippen LogP contribution in [0.4, 0.5) is 5.69 Å². The maximum atomic E-state index is 5.75. The molecule has 4 nitrogen and oxygen atoms in total. The third kappa shape index (κ3) is 5.42. The number of methoxy groups -OCH3 is 1. The molecule has 0 aliphatic carbocycles. The first kappa shape index (κ1) is 18.1. The van der Waals surface area contributed by atoms with Crippen molar-refractivity contribution < 1.29 is 9.47 Å². The third-order valence-corrected chi connectivity index (χ3v) is 3.92. The molecule has 0 fully saturated rings. The number of nitrogens with one attached hydrogen (secondary N) is 2. The van der Waals surface area contributed by atoms with Crippen LogP contribution in [0.25, 0.3) is 0 Å². The van der Waals surface area contributed by atoms with Gasteiger partial charge in [-0.1, -0.05) is 6.07 Å². The standard InChI is InChI=1S/C19H24N2O2S/c1-13-5-6-16(11-14(13)2)21-19(24)20-15(3)12-23-18-9-7-17(22-4)8-10-18/h5-11,15H,12H2,1-4H3,(H2,20,21,24)/t15-/m1/s1. The lowest BCUT2D eigenvalue weighted by molar-refractivity contribution is 0.286. The normalized spacial score (nSPS) is 11.5. The van der Waals surface area contributed by atoms with Crippen LogP contribution in [0.3, 0.4) is 0 Å². The zero-order valence-corrected chi connectivity index (χ0v) is 15.4. The molecule has 0 amide bonds. The van der Waals surface area contributed by atoms with Gasteiger partial charge < -0.3 is 20.1 Å². The largest absolute Gasteiger partial charge is 0.497 e. The molecule has 0 radical (unpaired) electrons. The molecule has 0 heterocycles. The van der Waals surface area contributed by atoms with Crippen molar-refractivity contribution in [1.82, 2.24) is 5.32 Å². The molecular formula is C19H24N2O2S. The summed E-state index contributed by atoms with van der Waals surface area (Å²) >= 11 is 5.36. The highest BCUT2D eigenvalue weighted by atomic mass is 32.1. The summed E-state index contributed by atoms with van der Waals surface area (Å²) < 4.78 is 10.9. The van der Waals surface area contributed by atoms with Gasteiger partial charge in [0.1, 0.15) is 18.1 Å². The maximum absolute atomic E-state index is 5.75. The molecule has 1 atom stereocenters. The van der Waals surface area contributed by atoms with Gasteiger partial charge in [-0.2, -0.15) is 0 Å². The Morgan fingerprint density at radius 2 is 1.71 bits per heavy atom. The highest BCUT2D eigenvalue weighted by molar-refractivity contribution is 7.80. The van der Waals surface area contributed by atoms with Gasteiger partial charge in [-0.3, -0.25) is 0 Å². The summed E-state index contributed by atoms with van der Waals surface area (Å²) in [5.41, 5.74) is 3.48. The fourth-order valence-corrected chi connectivity index (χ4v) is 2.46. The Kier molecular flexibility index (Phi) is 6.44. The van der Waals surface area contributed by atoms with E-state index in [2.05, 4.69) is 36.6 Å². The number of thiocarbonyl (C=S) groups is 1. The van der Waals surface area contributed by atoms with Crippen molar-refractivity contribution in [2.45, 2.75) is 26.8 Å². The van der Waals surface area contributed by atoms with Crippen LogP contribution in [0.15, 0.2) is 42.5 Å². The molecule has 2 aromatic rings. The van der Waals surface area contributed by atoms with Gasteiger partial charge in [-0.05, 0) is 80.5 Å². The second-order valence-electron chi connectivity index (χ2n) is 5.79. The summed E-state index contributed by atoms with van der Waals surface area (Å²) in [4.78, 5) is 0. The monoisotopic (exact) mass is 344 g/mol. The Hall–Kier alpha value is -2.27. The fraction of sp³-hybridized carbons (Fsp3) is 0.316. The number of hydrogen-bond donors (Lipinski definition) is 2. The number of aryl methyl sites for hydroxylation is 2. The topological polar surface area (TPSA) is 42.5 Å². The third-order valence-electron chi connectivity index (χ3n) is 3.70. The van der Waals surface area contributed by atoms with Crippen LogP contribution in [0.2, 0.25) is 0 Å². The van der Waals surface area contributed by atoms with Crippen molar-refractivity contribution in [3.63, 3.8) is 0 Å². The molecule has 0 aliphatic rings. The van der Waals surface area contributed by atoms with Crippen molar-refractivity contribution in [2.75, 3.05) is 19.0 Å². The summed E-state index contributed by atoms with van der Waals surface area (Å²) in [6.07, 6.45) is 0. The summed E-state index contributed by atoms with van der Waals surface area (Å²) in [5, 5.41) is 7.02. The number of rotatable bonds is 6. The van der Waals surface area contributed by atoms with Gasteiger partial charge in [0.25, 0.3) is 0 Å². The van der Waals surface area contributed by atoms with Crippen molar-refractivity contribution in [3.8, 4) is 11.5 Å². The first-order valence-corrected chi connectivity index (χ1v) is 8.30. The van der Waals surface area contributed by atoms with E-state index >= 15 is 0 Å². The molecule has 24 heavy (non-hydrogen) atoms.